The lowest BCUT2D eigenvalue weighted by Crippen LogP contribution is -2.12. The van der Waals surface area contributed by atoms with Crippen molar-refractivity contribution in [2.24, 2.45) is 0 Å². The van der Waals surface area contributed by atoms with Gasteiger partial charge in [0.05, 0.1) is 34.8 Å². The van der Waals surface area contributed by atoms with Gasteiger partial charge in [-0.25, -0.2) is 4.98 Å². The third kappa shape index (κ3) is 3.00. The Morgan fingerprint density at radius 3 is 2.76 bits per heavy atom. The molecule has 1 aromatic carbocycles. The number of aromatic nitrogens is 2. The Bertz CT molecular complexity index is 647. The van der Waals surface area contributed by atoms with E-state index in [1.807, 2.05) is 4.57 Å². The van der Waals surface area contributed by atoms with E-state index in [4.69, 9.17) is 11.6 Å². The van der Waals surface area contributed by atoms with Crippen molar-refractivity contribution in [1.29, 1.82) is 0 Å². The van der Waals surface area contributed by atoms with E-state index in [1.54, 1.807) is 12.5 Å². The molecule has 0 aliphatic heterocycles. The molecule has 0 saturated heterocycles. The van der Waals surface area contributed by atoms with Crippen LogP contribution in [0.5, 0.6) is 0 Å². The number of hydrogen-bond acceptors (Lipinski definition) is 2. The number of nitrogens with one attached hydrogen (secondary N) is 1. The smallest absolute Gasteiger partial charge is 0.378 e. The summed E-state index contributed by atoms with van der Waals surface area (Å²) in [5, 5.41) is 2.86. The summed E-state index contributed by atoms with van der Waals surface area (Å²) < 4.78 is 41.0. The molecule has 112 valence electrons. The maximum atomic E-state index is 13.0. The molecule has 0 amide bonds. The Morgan fingerprint density at radius 2 is 2.10 bits per heavy atom. The van der Waals surface area contributed by atoms with Crippen LogP contribution in [0.15, 0.2) is 30.7 Å². The van der Waals surface area contributed by atoms with Crippen LogP contribution in [-0.2, 0) is 12.7 Å². The first-order chi connectivity index (χ1) is 9.97. The predicted octanol–water partition coefficient (Wildman–Crippen LogP) is 4.50. The van der Waals surface area contributed by atoms with Gasteiger partial charge in [-0.1, -0.05) is 17.7 Å². The van der Waals surface area contributed by atoms with Crippen LogP contribution in [0.2, 0.25) is 5.02 Å². The summed E-state index contributed by atoms with van der Waals surface area (Å²) in [5.41, 5.74) is 0.00763. The van der Waals surface area contributed by atoms with Crippen LogP contribution in [-0.4, -0.2) is 9.55 Å². The Labute approximate surface area is 124 Å². The van der Waals surface area contributed by atoms with Crippen molar-refractivity contribution in [2.45, 2.75) is 31.6 Å². The molecule has 1 aliphatic carbocycles. The van der Waals surface area contributed by atoms with Crippen LogP contribution in [0, 0.1) is 0 Å². The van der Waals surface area contributed by atoms with Crippen LogP contribution < -0.4 is 5.32 Å². The SMILES string of the molecule is FC(F)(F)c1cccc(Cl)c1NCc1cncn1C1CC1. The van der Waals surface area contributed by atoms with Gasteiger partial charge in [-0.2, -0.15) is 13.2 Å². The lowest BCUT2D eigenvalue weighted by Gasteiger charge is -2.16. The molecular formula is C14H13ClF3N3. The van der Waals surface area contributed by atoms with Gasteiger partial charge in [0.15, 0.2) is 0 Å². The lowest BCUT2D eigenvalue weighted by molar-refractivity contribution is -0.136. The zero-order chi connectivity index (χ0) is 15.0. The Morgan fingerprint density at radius 1 is 1.33 bits per heavy atom. The van der Waals surface area contributed by atoms with Crippen LogP contribution in [0.3, 0.4) is 0 Å². The van der Waals surface area contributed by atoms with Crippen molar-refractivity contribution < 1.29 is 13.2 Å². The van der Waals surface area contributed by atoms with Crippen molar-refractivity contribution in [2.75, 3.05) is 5.32 Å². The lowest BCUT2D eigenvalue weighted by atomic mass is 10.1. The molecule has 7 heteroatoms. The minimum absolute atomic E-state index is 0.0577. The molecule has 3 rings (SSSR count). The van der Waals surface area contributed by atoms with Gasteiger partial charge >= 0.3 is 6.18 Å². The number of nitrogens with zero attached hydrogens (tertiary/aromatic N) is 2. The van der Waals surface area contributed by atoms with Gasteiger partial charge in [0, 0.05) is 12.2 Å². The zero-order valence-electron chi connectivity index (χ0n) is 11.0. The molecule has 3 nitrogen and oxygen atoms in total. The van der Waals surface area contributed by atoms with Gasteiger partial charge in [0.2, 0.25) is 0 Å². The van der Waals surface area contributed by atoms with Crippen molar-refractivity contribution in [3.63, 3.8) is 0 Å². The highest BCUT2D eigenvalue weighted by Crippen LogP contribution is 2.39. The largest absolute Gasteiger partial charge is 0.418 e. The van der Waals surface area contributed by atoms with Crippen molar-refractivity contribution in [1.82, 2.24) is 9.55 Å². The van der Waals surface area contributed by atoms with Crippen LogP contribution >= 0.6 is 11.6 Å². The summed E-state index contributed by atoms with van der Waals surface area (Å²) in [6.07, 6.45) is 1.11. The average Bonchev–Trinajstić information content (AvgIpc) is 3.15. The summed E-state index contributed by atoms with van der Waals surface area (Å²) in [4.78, 5) is 4.06. The highest BCUT2D eigenvalue weighted by atomic mass is 35.5. The molecule has 0 radical (unpaired) electrons. The Balaban J connectivity index is 1.83. The molecule has 1 N–H and O–H groups in total. The van der Waals surface area contributed by atoms with Crippen LogP contribution in [0.25, 0.3) is 0 Å². The summed E-state index contributed by atoms with van der Waals surface area (Å²) in [7, 11) is 0. The number of rotatable bonds is 4. The number of anilines is 1. The molecule has 21 heavy (non-hydrogen) atoms. The van der Waals surface area contributed by atoms with E-state index in [9.17, 15) is 13.2 Å². The molecular weight excluding hydrogens is 303 g/mol. The molecule has 0 unspecified atom stereocenters. The van der Waals surface area contributed by atoms with Gasteiger partial charge in [0.25, 0.3) is 0 Å². The molecule has 0 spiro atoms. The standard InChI is InChI=1S/C14H13ClF3N3/c15-12-3-1-2-11(14(16,17)18)13(12)20-7-10-6-19-8-21(10)9-4-5-9/h1-3,6,8-9,20H,4-5,7H2. The first-order valence-corrected chi connectivity index (χ1v) is 6.95. The fraction of sp³-hybridized carbons (Fsp3) is 0.357. The third-order valence-electron chi connectivity index (χ3n) is 3.45. The molecule has 1 aliphatic rings. The minimum Gasteiger partial charge on any atom is -0.378 e. The number of hydrogen-bond donors (Lipinski definition) is 1. The number of imidazole rings is 1. The monoisotopic (exact) mass is 315 g/mol. The zero-order valence-corrected chi connectivity index (χ0v) is 11.7. The van der Waals surface area contributed by atoms with E-state index in [2.05, 4.69) is 10.3 Å². The molecule has 2 aromatic rings. The van der Waals surface area contributed by atoms with Crippen molar-refractivity contribution in [3.8, 4) is 0 Å². The van der Waals surface area contributed by atoms with E-state index in [1.165, 1.54) is 12.1 Å². The van der Waals surface area contributed by atoms with E-state index in [-0.39, 0.29) is 17.3 Å². The molecule has 1 fully saturated rings. The number of alkyl halides is 3. The first-order valence-electron chi connectivity index (χ1n) is 6.57. The molecule has 1 aromatic heterocycles. The van der Waals surface area contributed by atoms with E-state index in [0.717, 1.165) is 24.6 Å². The first kappa shape index (κ1) is 14.3. The van der Waals surface area contributed by atoms with Crippen LogP contribution in [0.1, 0.15) is 30.1 Å². The highest BCUT2D eigenvalue weighted by Gasteiger charge is 2.34. The topological polar surface area (TPSA) is 29.9 Å². The number of para-hydroxylation sites is 1. The maximum absolute atomic E-state index is 13.0. The third-order valence-corrected chi connectivity index (χ3v) is 3.77. The van der Waals surface area contributed by atoms with Gasteiger partial charge in [-0.15, -0.1) is 0 Å². The molecule has 1 heterocycles. The summed E-state index contributed by atoms with van der Waals surface area (Å²) in [6.45, 7) is 0.253. The highest BCUT2D eigenvalue weighted by molar-refractivity contribution is 6.33. The van der Waals surface area contributed by atoms with Gasteiger partial charge < -0.3 is 9.88 Å². The fourth-order valence-corrected chi connectivity index (χ4v) is 2.51. The van der Waals surface area contributed by atoms with E-state index >= 15 is 0 Å². The summed E-state index contributed by atoms with van der Waals surface area (Å²) in [6, 6.07) is 4.19. The second-order valence-electron chi connectivity index (χ2n) is 5.04. The Hall–Kier alpha value is -1.69. The summed E-state index contributed by atoms with van der Waals surface area (Å²) in [5.74, 6) is 0. The number of halogens is 4. The second-order valence-corrected chi connectivity index (χ2v) is 5.44. The summed E-state index contributed by atoms with van der Waals surface area (Å²) >= 11 is 5.91. The van der Waals surface area contributed by atoms with Crippen molar-refractivity contribution in [3.05, 3.63) is 47.0 Å². The van der Waals surface area contributed by atoms with Gasteiger partial charge in [-0.05, 0) is 25.0 Å². The van der Waals surface area contributed by atoms with Crippen LogP contribution in [0.4, 0.5) is 18.9 Å². The maximum Gasteiger partial charge on any atom is 0.418 e. The quantitative estimate of drug-likeness (QED) is 0.900. The van der Waals surface area contributed by atoms with Gasteiger partial charge in [-0.3, -0.25) is 0 Å². The molecule has 0 bridgehead atoms. The number of benzene rings is 1. The van der Waals surface area contributed by atoms with Crippen molar-refractivity contribution >= 4 is 17.3 Å². The minimum atomic E-state index is -4.44. The second kappa shape index (κ2) is 5.26. The molecule has 1 saturated carbocycles. The average molecular weight is 316 g/mol. The van der Waals surface area contributed by atoms with E-state index in [0.29, 0.717) is 6.04 Å². The van der Waals surface area contributed by atoms with E-state index < -0.39 is 11.7 Å². The molecule has 0 atom stereocenters. The predicted molar refractivity (Wildman–Crippen MR) is 74.3 cm³/mol. The van der Waals surface area contributed by atoms with Gasteiger partial charge in [0.1, 0.15) is 0 Å². The Kier molecular flexibility index (Phi) is 3.57. The fourth-order valence-electron chi connectivity index (χ4n) is 2.27. The normalized spacial score (nSPS) is 15.2.